The zero-order valence-electron chi connectivity index (χ0n) is 42.7. The molecule has 5 aromatic rings. The molecule has 3 heterocycles. The molecule has 0 spiro atoms. The summed E-state index contributed by atoms with van der Waals surface area (Å²) in [6, 6.07) is 16.8. The third kappa shape index (κ3) is 14.4. The number of likely N-dealkylation sites (N-methyl/N-ethyl adjacent to an activating group) is 1. The van der Waals surface area contributed by atoms with Crippen LogP contribution in [0.4, 0.5) is 23.1 Å². The molecule has 1 unspecified atom stereocenters. The summed E-state index contributed by atoms with van der Waals surface area (Å²) in [4.78, 5) is 71.5. The van der Waals surface area contributed by atoms with Gasteiger partial charge in [0.15, 0.2) is 5.82 Å². The lowest BCUT2D eigenvalue weighted by Crippen LogP contribution is -2.58. The van der Waals surface area contributed by atoms with Gasteiger partial charge in [-0.15, -0.1) is 11.3 Å². The number of ether oxygens (including phenoxy) is 2. The molecule has 1 fully saturated rings. The zero-order chi connectivity index (χ0) is 52.5. The van der Waals surface area contributed by atoms with Gasteiger partial charge in [-0.1, -0.05) is 68.8 Å². The van der Waals surface area contributed by atoms with Gasteiger partial charge in [0.1, 0.15) is 30.0 Å². The normalized spacial score (nSPS) is 15.6. The minimum atomic E-state index is -2.60. The topological polar surface area (TPSA) is 217 Å². The predicted octanol–water partition coefficient (Wildman–Crippen LogP) is 7.78. The quantitative estimate of drug-likeness (QED) is 0.0351. The number of aromatic nitrogens is 3. The highest BCUT2D eigenvalue weighted by atomic mass is 35.5. The number of benzene rings is 3. The molecule has 0 radical (unpaired) electrons. The second-order valence-corrected chi connectivity index (χ2v) is 24.0. The van der Waals surface area contributed by atoms with Crippen molar-refractivity contribution in [1.82, 2.24) is 35.4 Å². The standard InChI is InChI=1S/C52H67ClN9O8PS/c1-31-25-40(58-51-54-28-38(53)48(60-51)57-39-13-11-12-14-43(39)71(9,10)68)42(69-8)26-36(31)19-22-61(7)45(65)21-24-70-23-20-44(64)59-47(52(4,5)6)50(67)62-29-37(63)27-41(62)49(66)56-32(2)34-15-17-35(18-16-34)46-33(3)55-30-72-46/h11-18,25-26,28,30,32,37,41,47,63H,19-24,27,29H2,1-10H3,(H,56,66)(H,59,64)(H2,54,57,58,60)/t32-,37+,41?,47+/m0/s1. The van der Waals surface area contributed by atoms with E-state index >= 15 is 0 Å². The van der Waals surface area contributed by atoms with Crippen LogP contribution < -0.4 is 31.3 Å². The highest BCUT2D eigenvalue weighted by Crippen LogP contribution is 2.39. The molecule has 6 rings (SSSR count). The van der Waals surface area contributed by atoms with E-state index in [0.29, 0.717) is 41.2 Å². The van der Waals surface area contributed by atoms with Crippen molar-refractivity contribution in [2.24, 2.45) is 5.41 Å². The number of methoxy groups -OCH3 is 1. The molecule has 1 aliphatic heterocycles. The fourth-order valence-corrected chi connectivity index (χ4v) is 10.5. The average Bonchev–Trinajstić information content (AvgIpc) is 3.95. The summed E-state index contributed by atoms with van der Waals surface area (Å²) < 4.78 is 24.4. The van der Waals surface area contributed by atoms with Crippen LogP contribution >= 0.6 is 30.1 Å². The molecule has 17 nitrogen and oxygen atoms in total. The average molecular weight is 1040 g/mol. The Kier molecular flexibility index (Phi) is 18.6. The number of nitrogens with zero attached hydrogens (tertiary/aromatic N) is 5. The van der Waals surface area contributed by atoms with Crippen LogP contribution in [0.2, 0.25) is 5.02 Å². The fourth-order valence-electron chi connectivity index (χ4n) is 8.36. The summed E-state index contributed by atoms with van der Waals surface area (Å²) in [5.74, 6) is -0.242. The van der Waals surface area contributed by atoms with Gasteiger partial charge in [0.25, 0.3) is 0 Å². The van der Waals surface area contributed by atoms with Gasteiger partial charge in [-0.05, 0) is 92.5 Å². The van der Waals surface area contributed by atoms with Crippen LogP contribution in [-0.4, -0.2) is 125 Å². The number of halogens is 1. The zero-order valence-corrected chi connectivity index (χ0v) is 45.1. The number of carbonyl (C=O) groups excluding carboxylic acids is 4. The minimum Gasteiger partial charge on any atom is -0.495 e. The van der Waals surface area contributed by atoms with Gasteiger partial charge in [0, 0.05) is 38.3 Å². The van der Waals surface area contributed by atoms with Crippen molar-refractivity contribution in [1.29, 1.82) is 0 Å². The maximum absolute atomic E-state index is 14.1. The number of rotatable bonds is 21. The van der Waals surface area contributed by atoms with Crippen molar-refractivity contribution in [3.05, 3.63) is 99.8 Å². The van der Waals surface area contributed by atoms with Gasteiger partial charge in [0.2, 0.25) is 29.6 Å². The van der Waals surface area contributed by atoms with E-state index in [0.717, 1.165) is 32.8 Å². The number of hydrogen-bond donors (Lipinski definition) is 5. The second-order valence-electron chi connectivity index (χ2n) is 19.5. The number of likely N-dealkylation sites (tertiary alicyclic amines) is 1. The highest BCUT2D eigenvalue weighted by molar-refractivity contribution is 7.70. The SMILES string of the molecule is COc1cc(CCN(C)C(=O)CCOCCC(=O)N[C@H](C(=O)N2C[C@H](O)CC2C(=O)N[C@@H](C)c2ccc(-c3scnc3C)cc2)C(C)(C)C)c(C)cc1Nc1ncc(Cl)c(Nc2ccccc2P(C)(C)=O)n1. The molecule has 72 heavy (non-hydrogen) atoms. The van der Waals surface area contributed by atoms with Gasteiger partial charge in [-0.25, -0.2) is 9.97 Å². The van der Waals surface area contributed by atoms with E-state index in [2.05, 4.69) is 36.2 Å². The van der Waals surface area contributed by atoms with E-state index in [9.17, 15) is 28.8 Å². The number of nitrogens with one attached hydrogen (secondary N) is 4. The summed E-state index contributed by atoms with van der Waals surface area (Å²) in [6.07, 6.45) is 1.25. The molecule has 5 N–H and O–H groups in total. The number of amides is 4. The van der Waals surface area contributed by atoms with Gasteiger partial charge in [-0.3, -0.25) is 19.2 Å². The molecule has 4 atom stereocenters. The number of aryl methyl sites for hydroxylation is 2. The van der Waals surface area contributed by atoms with Gasteiger partial charge < -0.3 is 50.2 Å². The molecule has 0 aliphatic carbocycles. The second kappa shape index (κ2) is 24.2. The van der Waals surface area contributed by atoms with Crippen LogP contribution in [0.15, 0.2) is 72.4 Å². The van der Waals surface area contributed by atoms with Crippen molar-refractivity contribution < 1.29 is 38.3 Å². The van der Waals surface area contributed by atoms with E-state index in [1.807, 2.05) is 108 Å². The van der Waals surface area contributed by atoms with E-state index in [4.69, 9.17) is 21.1 Å². The van der Waals surface area contributed by atoms with Crippen molar-refractivity contribution >= 4 is 82.2 Å². The number of para-hydroxylation sites is 1. The Hall–Kier alpha value is -5.91. The molecule has 386 valence electrons. The Morgan fingerprint density at radius 1 is 0.986 bits per heavy atom. The first-order chi connectivity index (χ1) is 34.0. The summed E-state index contributed by atoms with van der Waals surface area (Å²) in [5.41, 5.74) is 7.15. The summed E-state index contributed by atoms with van der Waals surface area (Å²) in [5, 5.41) is 23.9. The Morgan fingerprint density at radius 3 is 2.36 bits per heavy atom. The molecule has 4 amide bonds. The van der Waals surface area contributed by atoms with Crippen molar-refractivity contribution in [3.8, 4) is 16.2 Å². The largest absolute Gasteiger partial charge is 0.495 e. The van der Waals surface area contributed by atoms with E-state index in [-0.39, 0.29) is 67.8 Å². The third-order valence-electron chi connectivity index (χ3n) is 12.5. The summed E-state index contributed by atoms with van der Waals surface area (Å²) in [6.45, 7) is 15.2. The lowest BCUT2D eigenvalue weighted by Gasteiger charge is -2.35. The lowest BCUT2D eigenvalue weighted by molar-refractivity contribution is -0.144. The van der Waals surface area contributed by atoms with Gasteiger partial charge in [0.05, 0.1) is 72.5 Å². The molecule has 3 aromatic carbocycles. The van der Waals surface area contributed by atoms with E-state index < -0.39 is 42.6 Å². The van der Waals surface area contributed by atoms with Crippen molar-refractivity contribution in [2.45, 2.75) is 91.5 Å². The number of β-amino-alcohol motifs (C(OH)–C–C–N with tert-alkyl or cyclic N) is 1. The Balaban J connectivity index is 0.950. The van der Waals surface area contributed by atoms with Gasteiger partial charge in [-0.2, -0.15) is 4.98 Å². The smallest absolute Gasteiger partial charge is 0.246 e. The Labute approximate surface area is 431 Å². The van der Waals surface area contributed by atoms with Crippen LogP contribution in [0.25, 0.3) is 10.4 Å². The van der Waals surface area contributed by atoms with Crippen LogP contribution in [0.3, 0.4) is 0 Å². The molecule has 20 heteroatoms. The molecule has 2 aromatic heterocycles. The molecular formula is C52H67ClN9O8PS. The number of hydrogen-bond acceptors (Lipinski definition) is 14. The molecule has 1 aliphatic rings. The minimum absolute atomic E-state index is 0.0249. The van der Waals surface area contributed by atoms with E-state index in [1.54, 1.807) is 43.7 Å². The van der Waals surface area contributed by atoms with Crippen molar-refractivity contribution in [2.75, 3.05) is 64.4 Å². The van der Waals surface area contributed by atoms with Crippen molar-refractivity contribution in [3.63, 3.8) is 0 Å². The first-order valence-corrected chi connectivity index (χ1v) is 27.7. The number of carbonyl (C=O) groups is 4. The summed E-state index contributed by atoms with van der Waals surface area (Å²) >= 11 is 8.04. The van der Waals surface area contributed by atoms with Crippen LogP contribution in [0, 0.1) is 19.3 Å². The van der Waals surface area contributed by atoms with E-state index in [1.165, 1.54) is 11.1 Å². The van der Waals surface area contributed by atoms with Crippen LogP contribution in [0.1, 0.15) is 75.4 Å². The molecule has 0 bridgehead atoms. The molecule has 1 saturated heterocycles. The first-order valence-electron chi connectivity index (χ1n) is 23.8. The number of thiazole rings is 1. The fraction of sp³-hybridized carbons (Fsp3) is 0.442. The Bertz CT molecular complexity index is 2780. The monoisotopic (exact) mass is 1040 g/mol. The van der Waals surface area contributed by atoms with Gasteiger partial charge >= 0.3 is 0 Å². The number of anilines is 4. The summed E-state index contributed by atoms with van der Waals surface area (Å²) in [7, 11) is 0.691. The Morgan fingerprint density at radius 2 is 1.69 bits per heavy atom. The number of aliphatic hydroxyl groups excluding tert-OH is 1. The van der Waals surface area contributed by atoms with Crippen LogP contribution in [-0.2, 0) is 34.9 Å². The molecular weight excluding hydrogens is 977 g/mol. The third-order valence-corrected chi connectivity index (χ3v) is 15.3. The molecule has 0 saturated carbocycles. The number of aliphatic hydroxyl groups is 1. The predicted molar refractivity (Wildman–Crippen MR) is 285 cm³/mol. The maximum atomic E-state index is 14.1. The lowest BCUT2D eigenvalue weighted by atomic mass is 9.85. The first kappa shape index (κ1) is 55.4. The highest BCUT2D eigenvalue weighted by Gasteiger charge is 2.44. The van der Waals surface area contributed by atoms with Crippen LogP contribution in [0.5, 0.6) is 5.75 Å². The maximum Gasteiger partial charge on any atom is 0.246 e.